The molecule has 0 N–H and O–H groups in total. The lowest BCUT2D eigenvalue weighted by molar-refractivity contribution is -0.174. The highest BCUT2D eigenvalue weighted by molar-refractivity contribution is 5.68. The van der Waals surface area contributed by atoms with E-state index in [1.165, 1.54) is 0 Å². The first kappa shape index (κ1) is 12.3. The summed E-state index contributed by atoms with van der Waals surface area (Å²) < 4.78 is 10.9. The molecule has 0 atom stereocenters. The molecule has 15 heavy (non-hydrogen) atoms. The zero-order chi connectivity index (χ0) is 11.7. The summed E-state index contributed by atoms with van der Waals surface area (Å²) in [6.07, 6.45) is -0.248. The summed E-state index contributed by atoms with van der Waals surface area (Å²) in [6.45, 7) is 11.3. The maximum Gasteiger partial charge on any atom is 0.409 e. The van der Waals surface area contributed by atoms with Gasteiger partial charge in [0.15, 0.2) is 0 Å². The van der Waals surface area contributed by atoms with Gasteiger partial charge in [-0.3, -0.25) is 0 Å². The highest BCUT2D eigenvalue weighted by Crippen LogP contribution is 2.28. The van der Waals surface area contributed by atoms with Gasteiger partial charge in [0, 0.05) is 0 Å². The Bertz CT molecular complexity index is 232. The number of carbonyl (C=O) groups excluding carboxylic acids is 1. The van der Waals surface area contributed by atoms with Crippen LogP contribution < -0.4 is 0 Å². The summed E-state index contributed by atoms with van der Waals surface area (Å²) in [5.74, 6) is 0. The van der Waals surface area contributed by atoms with Gasteiger partial charge in [0.2, 0.25) is 0 Å². The van der Waals surface area contributed by atoms with Crippen molar-refractivity contribution in [1.82, 2.24) is 4.90 Å². The van der Waals surface area contributed by atoms with Crippen LogP contribution in [-0.4, -0.2) is 41.9 Å². The quantitative estimate of drug-likeness (QED) is 0.672. The second kappa shape index (κ2) is 4.00. The minimum absolute atomic E-state index is 0.248. The lowest BCUT2D eigenvalue weighted by Gasteiger charge is -2.46. The van der Waals surface area contributed by atoms with E-state index in [1.54, 1.807) is 4.90 Å². The van der Waals surface area contributed by atoms with Gasteiger partial charge in [0.25, 0.3) is 0 Å². The summed E-state index contributed by atoms with van der Waals surface area (Å²) in [4.78, 5) is 13.3. The first-order chi connectivity index (χ1) is 6.76. The van der Waals surface area contributed by atoms with E-state index in [2.05, 4.69) is 0 Å². The topological polar surface area (TPSA) is 38.8 Å². The van der Waals surface area contributed by atoms with Crippen LogP contribution >= 0.6 is 0 Å². The Kier molecular flexibility index (Phi) is 3.28. The van der Waals surface area contributed by atoms with E-state index in [-0.39, 0.29) is 17.3 Å². The minimum Gasteiger partial charge on any atom is -0.450 e. The van der Waals surface area contributed by atoms with Crippen LogP contribution in [0, 0.1) is 0 Å². The molecule has 0 radical (unpaired) electrons. The van der Waals surface area contributed by atoms with Crippen LogP contribution in [0.3, 0.4) is 0 Å². The highest BCUT2D eigenvalue weighted by atomic mass is 16.6. The Morgan fingerprint density at radius 2 is 1.73 bits per heavy atom. The number of rotatable bonds is 1. The molecule has 0 aliphatic carbocycles. The molecule has 1 aliphatic heterocycles. The Hall–Kier alpha value is -0.770. The standard InChI is InChI=1S/C11H21NO3/c1-6-14-9(13)12-7-10(2,3)15-11(4,5)8-12/h6-8H2,1-5H3. The summed E-state index contributed by atoms with van der Waals surface area (Å²) in [5.41, 5.74) is -0.622. The molecule has 0 aromatic carbocycles. The molecule has 0 unspecified atom stereocenters. The zero-order valence-corrected chi connectivity index (χ0v) is 10.3. The van der Waals surface area contributed by atoms with Crippen molar-refractivity contribution >= 4 is 6.09 Å². The average Bonchev–Trinajstić information content (AvgIpc) is 1.98. The van der Waals surface area contributed by atoms with E-state index >= 15 is 0 Å². The number of ether oxygens (including phenoxy) is 2. The zero-order valence-electron chi connectivity index (χ0n) is 10.3. The second-order valence-electron chi connectivity index (χ2n) is 5.18. The van der Waals surface area contributed by atoms with Gasteiger partial charge in [0.1, 0.15) is 0 Å². The molecule has 0 saturated carbocycles. The van der Waals surface area contributed by atoms with Crippen molar-refractivity contribution in [2.45, 2.75) is 45.8 Å². The normalized spacial score (nSPS) is 23.7. The third-order valence-electron chi connectivity index (χ3n) is 2.22. The largest absolute Gasteiger partial charge is 0.450 e. The van der Waals surface area contributed by atoms with E-state index in [0.717, 1.165) is 0 Å². The van der Waals surface area contributed by atoms with Crippen LogP contribution in [0.4, 0.5) is 4.79 Å². The van der Waals surface area contributed by atoms with Crippen molar-refractivity contribution in [1.29, 1.82) is 0 Å². The van der Waals surface area contributed by atoms with Crippen LogP contribution in [0.2, 0.25) is 0 Å². The lowest BCUT2D eigenvalue weighted by atomic mass is 9.99. The highest BCUT2D eigenvalue weighted by Gasteiger charge is 2.40. The predicted molar refractivity (Wildman–Crippen MR) is 57.8 cm³/mol. The maximum atomic E-state index is 11.6. The van der Waals surface area contributed by atoms with E-state index in [9.17, 15) is 4.79 Å². The number of amides is 1. The third kappa shape index (κ3) is 3.38. The van der Waals surface area contributed by atoms with Crippen molar-refractivity contribution in [3.63, 3.8) is 0 Å². The molecule has 1 rings (SSSR count). The summed E-state index contributed by atoms with van der Waals surface area (Å²) in [5, 5.41) is 0. The van der Waals surface area contributed by atoms with Gasteiger partial charge in [-0.1, -0.05) is 0 Å². The van der Waals surface area contributed by atoms with Crippen molar-refractivity contribution < 1.29 is 14.3 Å². The second-order valence-corrected chi connectivity index (χ2v) is 5.18. The number of hydrogen-bond acceptors (Lipinski definition) is 3. The molecular formula is C11H21NO3. The third-order valence-corrected chi connectivity index (χ3v) is 2.22. The van der Waals surface area contributed by atoms with Crippen LogP contribution in [0.5, 0.6) is 0 Å². The van der Waals surface area contributed by atoms with Gasteiger partial charge in [0.05, 0.1) is 30.9 Å². The summed E-state index contributed by atoms with van der Waals surface area (Å²) >= 11 is 0. The number of nitrogens with zero attached hydrogens (tertiary/aromatic N) is 1. The van der Waals surface area contributed by atoms with Gasteiger partial charge in [-0.25, -0.2) is 4.79 Å². The van der Waals surface area contributed by atoms with Gasteiger partial charge < -0.3 is 14.4 Å². The lowest BCUT2D eigenvalue weighted by Crippen LogP contribution is -2.58. The van der Waals surface area contributed by atoms with Crippen LogP contribution in [0.1, 0.15) is 34.6 Å². The summed E-state index contributed by atoms with van der Waals surface area (Å²) in [7, 11) is 0. The van der Waals surface area contributed by atoms with E-state index in [4.69, 9.17) is 9.47 Å². The molecule has 1 fully saturated rings. The monoisotopic (exact) mass is 215 g/mol. The smallest absolute Gasteiger partial charge is 0.409 e. The Labute approximate surface area is 91.5 Å². The van der Waals surface area contributed by atoms with Crippen molar-refractivity contribution in [2.75, 3.05) is 19.7 Å². The molecule has 1 heterocycles. The Balaban J connectivity index is 2.71. The van der Waals surface area contributed by atoms with Gasteiger partial charge in [-0.05, 0) is 34.6 Å². The van der Waals surface area contributed by atoms with Crippen molar-refractivity contribution in [2.24, 2.45) is 0 Å². The predicted octanol–water partition coefficient (Wildman–Crippen LogP) is 2.03. The first-order valence-electron chi connectivity index (χ1n) is 5.38. The first-order valence-corrected chi connectivity index (χ1v) is 5.38. The minimum atomic E-state index is -0.311. The van der Waals surface area contributed by atoms with Gasteiger partial charge in [-0.2, -0.15) is 0 Å². The molecular weight excluding hydrogens is 194 g/mol. The van der Waals surface area contributed by atoms with Crippen LogP contribution in [0.15, 0.2) is 0 Å². The van der Waals surface area contributed by atoms with E-state index in [1.807, 2.05) is 34.6 Å². The van der Waals surface area contributed by atoms with E-state index < -0.39 is 0 Å². The molecule has 1 aliphatic rings. The molecule has 0 spiro atoms. The number of carbonyl (C=O) groups is 1. The SMILES string of the molecule is CCOC(=O)N1CC(C)(C)OC(C)(C)C1. The number of morpholine rings is 1. The Morgan fingerprint density at radius 1 is 1.27 bits per heavy atom. The maximum absolute atomic E-state index is 11.6. The van der Waals surface area contributed by atoms with Crippen molar-refractivity contribution in [3.8, 4) is 0 Å². The van der Waals surface area contributed by atoms with Gasteiger partial charge in [-0.15, -0.1) is 0 Å². The molecule has 88 valence electrons. The molecule has 0 aromatic rings. The summed E-state index contributed by atoms with van der Waals surface area (Å²) in [6, 6.07) is 0. The van der Waals surface area contributed by atoms with Crippen LogP contribution in [-0.2, 0) is 9.47 Å². The molecule has 4 heteroatoms. The molecule has 4 nitrogen and oxygen atoms in total. The molecule has 1 saturated heterocycles. The van der Waals surface area contributed by atoms with Crippen LogP contribution in [0.25, 0.3) is 0 Å². The molecule has 0 bridgehead atoms. The number of hydrogen-bond donors (Lipinski definition) is 0. The molecule has 0 aromatic heterocycles. The average molecular weight is 215 g/mol. The molecule has 1 amide bonds. The fraction of sp³-hybridized carbons (Fsp3) is 0.909. The van der Waals surface area contributed by atoms with Gasteiger partial charge >= 0.3 is 6.09 Å². The fourth-order valence-corrected chi connectivity index (χ4v) is 2.13. The van der Waals surface area contributed by atoms with E-state index in [0.29, 0.717) is 19.7 Å². The fourth-order valence-electron chi connectivity index (χ4n) is 2.13. The Morgan fingerprint density at radius 3 is 2.13 bits per heavy atom. The van der Waals surface area contributed by atoms with Crippen molar-refractivity contribution in [3.05, 3.63) is 0 Å².